The molecule has 0 aromatic heterocycles. The number of benzene rings is 1. The minimum absolute atomic E-state index is 0.00599. The number of hydrogen-bond donors (Lipinski definition) is 1. The van der Waals surface area contributed by atoms with Gasteiger partial charge in [-0.2, -0.15) is 0 Å². The van der Waals surface area contributed by atoms with Gasteiger partial charge in [-0.3, -0.25) is 9.69 Å². The van der Waals surface area contributed by atoms with Crippen molar-refractivity contribution in [2.24, 2.45) is 5.73 Å². The first kappa shape index (κ1) is 20.0. The molecule has 28 heavy (non-hydrogen) atoms. The van der Waals surface area contributed by atoms with Crippen LogP contribution in [0, 0.1) is 6.92 Å². The van der Waals surface area contributed by atoms with Gasteiger partial charge in [0.05, 0.1) is 41.1 Å². The first-order valence-corrected chi connectivity index (χ1v) is 9.76. The summed E-state index contributed by atoms with van der Waals surface area (Å²) in [7, 11) is 1.27. The number of amides is 1. The average Bonchev–Trinajstić information content (AvgIpc) is 2.96. The second-order valence-corrected chi connectivity index (χ2v) is 7.84. The lowest BCUT2D eigenvalue weighted by molar-refractivity contribution is -0.139. The summed E-state index contributed by atoms with van der Waals surface area (Å²) in [6.07, 6.45) is 0. The van der Waals surface area contributed by atoms with Gasteiger partial charge in [0.25, 0.3) is 0 Å². The zero-order valence-electron chi connectivity index (χ0n) is 16.1. The number of nitrogens with two attached hydrogens (primary N) is 1. The van der Waals surface area contributed by atoms with E-state index in [1.807, 2.05) is 31.2 Å². The highest BCUT2D eigenvalue weighted by atomic mass is 32.2. The SMILES string of the molecule is CCOC(=O)C1=C(N)N2C(=O)[C@@H](C)SC2=C(C(=O)OC)[C@@H]1c1ccc(C)cc1. The lowest BCUT2D eigenvalue weighted by Gasteiger charge is -2.33. The average molecular weight is 402 g/mol. The highest BCUT2D eigenvalue weighted by Crippen LogP contribution is 2.49. The summed E-state index contributed by atoms with van der Waals surface area (Å²) in [4.78, 5) is 39.5. The third-order valence-electron chi connectivity index (χ3n) is 4.70. The van der Waals surface area contributed by atoms with Crippen molar-refractivity contribution in [1.29, 1.82) is 0 Å². The molecule has 1 aromatic rings. The molecule has 2 N–H and O–H groups in total. The molecule has 0 saturated carbocycles. The first-order chi connectivity index (χ1) is 13.3. The van der Waals surface area contributed by atoms with Gasteiger partial charge >= 0.3 is 11.9 Å². The van der Waals surface area contributed by atoms with Crippen LogP contribution in [-0.4, -0.2) is 41.7 Å². The maximum Gasteiger partial charge on any atom is 0.338 e. The van der Waals surface area contributed by atoms with Crippen LogP contribution in [0.5, 0.6) is 0 Å². The molecule has 1 fully saturated rings. The second-order valence-electron chi connectivity index (χ2n) is 6.51. The topological polar surface area (TPSA) is 98.9 Å². The van der Waals surface area contributed by atoms with Crippen LogP contribution >= 0.6 is 11.8 Å². The second kappa shape index (κ2) is 7.71. The monoisotopic (exact) mass is 402 g/mol. The van der Waals surface area contributed by atoms with E-state index in [1.165, 1.54) is 23.8 Å². The largest absolute Gasteiger partial charge is 0.466 e. The molecule has 0 unspecified atom stereocenters. The summed E-state index contributed by atoms with van der Waals surface area (Å²) in [5.74, 6) is -2.36. The smallest absolute Gasteiger partial charge is 0.338 e. The molecule has 0 radical (unpaired) electrons. The van der Waals surface area contributed by atoms with Crippen LogP contribution in [0.2, 0.25) is 0 Å². The number of methoxy groups -OCH3 is 1. The maximum absolute atomic E-state index is 12.8. The first-order valence-electron chi connectivity index (χ1n) is 8.88. The fourth-order valence-electron chi connectivity index (χ4n) is 3.34. The molecule has 3 rings (SSSR count). The summed E-state index contributed by atoms with van der Waals surface area (Å²) in [6.45, 7) is 5.49. The standard InChI is InChI=1S/C20H22N2O5S/c1-5-27-20(25)14-13(12-8-6-10(2)7-9-12)15(19(24)26-4)18-22(16(14)21)17(23)11(3)28-18/h6-9,11,13H,5,21H2,1-4H3/t11-,13-/m1/s1. The van der Waals surface area contributed by atoms with Gasteiger partial charge in [0, 0.05) is 0 Å². The van der Waals surface area contributed by atoms with E-state index in [-0.39, 0.29) is 29.5 Å². The van der Waals surface area contributed by atoms with E-state index in [0.717, 1.165) is 5.56 Å². The Morgan fingerprint density at radius 1 is 1.18 bits per heavy atom. The molecule has 2 aliphatic heterocycles. The quantitative estimate of drug-likeness (QED) is 0.771. The van der Waals surface area contributed by atoms with Gasteiger partial charge in [0.15, 0.2) is 0 Å². The number of esters is 2. The van der Waals surface area contributed by atoms with Crippen LogP contribution in [0.15, 0.2) is 46.3 Å². The van der Waals surface area contributed by atoms with E-state index in [9.17, 15) is 14.4 Å². The fourth-order valence-corrected chi connectivity index (χ4v) is 4.50. The Balaban J connectivity index is 2.30. The molecule has 7 nitrogen and oxygen atoms in total. The predicted molar refractivity (Wildman–Crippen MR) is 105 cm³/mol. The molecule has 1 aromatic carbocycles. The zero-order valence-corrected chi connectivity index (χ0v) is 17.0. The van der Waals surface area contributed by atoms with Crippen LogP contribution in [0.3, 0.4) is 0 Å². The van der Waals surface area contributed by atoms with Crippen molar-refractivity contribution >= 4 is 29.6 Å². The molecule has 0 aliphatic carbocycles. The summed E-state index contributed by atoms with van der Waals surface area (Å²) < 4.78 is 10.2. The molecule has 1 saturated heterocycles. The van der Waals surface area contributed by atoms with Crippen molar-refractivity contribution in [2.45, 2.75) is 31.9 Å². The van der Waals surface area contributed by atoms with Gasteiger partial charge in [-0.05, 0) is 26.3 Å². The van der Waals surface area contributed by atoms with Crippen LogP contribution in [-0.2, 0) is 23.9 Å². The Kier molecular flexibility index (Phi) is 5.51. The molecule has 0 bridgehead atoms. The Hall–Kier alpha value is -2.74. The number of fused-ring (bicyclic) bond motifs is 1. The van der Waals surface area contributed by atoms with E-state index in [1.54, 1.807) is 13.8 Å². The number of ether oxygens (including phenoxy) is 2. The molecular formula is C20H22N2O5S. The van der Waals surface area contributed by atoms with Gasteiger partial charge in [0.2, 0.25) is 5.91 Å². The third-order valence-corrected chi connectivity index (χ3v) is 5.88. The van der Waals surface area contributed by atoms with Crippen molar-refractivity contribution in [3.63, 3.8) is 0 Å². The lowest BCUT2D eigenvalue weighted by Crippen LogP contribution is -2.40. The van der Waals surface area contributed by atoms with Crippen molar-refractivity contribution in [3.05, 3.63) is 57.4 Å². The number of aryl methyl sites for hydroxylation is 1. The van der Waals surface area contributed by atoms with E-state index < -0.39 is 23.1 Å². The number of carbonyl (C=O) groups excluding carboxylic acids is 3. The molecule has 148 valence electrons. The van der Waals surface area contributed by atoms with E-state index in [4.69, 9.17) is 15.2 Å². The molecule has 2 heterocycles. The van der Waals surface area contributed by atoms with E-state index in [0.29, 0.717) is 10.6 Å². The van der Waals surface area contributed by atoms with Crippen molar-refractivity contribution < 1.29 is 23.9 Å². The molecular weight excluding hydrogens is 380 g/mol. The Morgan fingerprint density at radius 3 is 2.39 bits per heavy atom. The summed E-state index contributed by atoms with van der Waals surface area (Å²) in [6, 6.07) is 7.43. The van der Waals surface area contributed by atoms with Gasteiger partial charge in [-0.25, -0.2) is 9.59 Å². The normalized spacial score (nSPS) is 21.7. The molecule has 8 heteroatoms. The fraction of sp³-hybridized carbons (Fsp3) is 0.350. The Morgan fingerprint density at radius 2 is 1.82 bits per heavy atom. The van der Waals surface area contributed by atoms with Gasteiger partial charge in [-0.1, -0.05) is 41.6 Å². The molecule has 2 aliphatic rings. The lowest BCUT2D eigenvalue weighted by atomic mass is 9.82. The zero-order chi connectivity index (χ0) is 20.6. The van der Waals surface area contributed by atoms with Crippen LogP contribution in [0.4, 0.5) is 0 Å². The van der Waals surface area contributed by atoms with Gasteiger partial charge in [0.1, 0.15) is 5.82 Å². The highest BCUT2D eigenvalue weighted by Gasteiger charge is 2.48. The summed E-state index contributed by atoms with van der Waals surface area (Å²) in [5.41, 5.74) is 8.30. The highest BCUT2D eigenvalue weighted by molar-refractivity contribution is 8.04. The van der Waals surface area contributed by atoms with Crippen LogP contribution < -0.4 is 5.73 Å². The van der Waals surface area contributed by atoms with Crippen molar-refractivity contribution in [2.75, 3.05) is 13.7 Å². The Bertz CT molecular complexity index is 904. The van der Waals surface area contributed by atoms with Crippen molar-refractivity contribution in [3.8, 4) is 0 Å². The van der Waals surface area contributed by atoms with E-state index >= 15 is 0 Å². The number of rotatable bonds is 4. The van der Waals surface area contributed by atoms with Crippen LogP contribution in [0.25, 0.3) is 0 Å². The molecule has 2 atom stereocenters. The maximum atomic E-state index is 12.8. The molecule has 1 amide bonds. The number of thioether (sulfide) groups is 1. The third kappa shape index (κ3) is 3.17. The molecule has 0 spiro atoms. The summed E-state index contributed by atoms with van der Waals surface area (Å²) >= 11 is 1.23. The number of hydrogen-bond acceptors (Lipinski definition) is 7. The Labute approximate surface area is 167 Å². The van der Waals surface area contributed by atoms with Crippen LogP contribution in [0.1, 0.15) is 30.9 Å². The minimum Gasteiger partial charge on any atom is -0.466 e. The summed E-state index contributed by atoms with van der Waals surface area (Å²) in [5, 5.41) is -0.0334. The number of nitrogens with zero attached hydrogens (tertiary/aromatic N) is 1. The number of carbonyl (C=O) groups is 3. The van der Waals surface area contributed by atoms with Gasteiger partial charge in [-0.15, -0.1) is 0 Å². The van der Waals surface area contributed by atoms with E-state index in [2.05, 4.69) is 0 Å². The minimum atomic E-state index is -0.788. The van der Waals surface area contributed by atoms with Gasteiger partial charge < -0.3 is 15.2 Å². The van der Waals surface area contributed by atoms with Crippen molar-refractivity contribution in [1.82, 2.24) is 4.90 Å². The predicted octanol–water partition coefficient (Wildman–Crippen LogP) is 2.17.